The first kappa shape index (κ1) is 13.9. The average molecular weight is 291 g/mol. The Morgan fingerprint density at radius 2 is 2.05 bits per heavy atom. The van der Waals surface area contributed by atoms with Crippen LogP contribution in [-0.4, -0.2) is 32.4 Å². The number of nitrogens with one attached hydrogen (secondary N) is 1. The van der Waals surface area contributed by atoms with Gasteiger partial charge in [-0.3, -0.25) is 4.68 Å². The standard InChI is InChI=1S/C14H18FN5O/c1-8-12(9(2)20(3)19-8)13-11(4-5-21-13)18-14-16-6-10(15)7-17-14/h6-7,11,13H,4-5H2,1-3H3,(H,16,17,18)/t11-,13-/m0/s1. The Hall–Kier alpha value is -2.02. The number of hydrogen-bond acceptors (Lipinski definition) is 5. The Labute approximate surface area is 122 Å². The number of anilines is 1. The van der Waals surface area contributed by atoms with Gasteiger partial charge in [0, 0.05) is 24.9 Å². The van der Waals surface area contributed by atoms with E-state index in [0.29, 0.717) is 12.6 Å². The summed E-state index contributed by atoms with van der Waals surface area (Å²) in [6.45, 7) is 4.68. The average Bonchev–Trinajstić information content (AvgIpc) is 2.98. The molecule has 3 rings (SSSR count). The number of hydrogen-bond donors (Lipinski definition) is 1. The van der Waals surface area contributed by atoms with Gasteiger partial charge < -0.3 is 10.1 Å². The molecule has 0 amide bonds. The van der Waals surface area contributed by atoms with Crippen LogP contribution < -0.4 is 5.32 Å². The lowest BCUT2D eigenvalue weighted by atomic mass is 10.0. The molecule has 1 fully saturated rings. The van der Waals surface area contributed by atoms with Crippen LogP contribution in [0, 0.1) is 19.7 Å². The summed E-state index contributed by atoms with van der Waals surface area (Å²) in [5.41, 5.74) is 3.16. The number of aromatic nitrogens is 4. The summed E-state index contributed by atoms with van der Waals surface area (Å²) in [5.74, 6) is -0.0326. The Balaban J connectivity index is 1.84. The third kappa shape index (κ3) is 2.61. The van der Waals surface area contributed by atoms with Crippen LogP contribution in [0.4, 0.5) is 10.3 Å². The van der Waals surface area contributed by atoms with Gasteiger partial charge in [0.05, 0.1) is 24.1 Å². The summed E-state index contributed by atoms with van der Waals surface area (Å²) in [7, 11) is 1.92. The summed E-state index contributed by atoms with van der Waals surface area (Å²) in [6, 6.07) is 0.0528. The Morgan fingerprint density at radius 3 is 2.67 bits per heavy atom. The quantitative estimate of drug-likeness (QED) is 0.935. The van der Waals surface area contributed by atoms with E-state index >= 15 is 0 Å². The lowest BCUT2D eigenvalue weighted by Crippen LogP contribution is -2.25. The van der Waals surface area contributed by atoms with Crippen LogP contribution in [0.2, 0.25) is 0 Å². The van der Waals surface area contributed by atoms with Crippen LogP contribution in [0.15, 0.2) is 12.4 Å². The molecule has 1 saturated heterocycles. The maximum atomic E-state index is 12.9. The molecule has 1 aliphatic heterocycles. The molecule has 0 spiro atoms. The van der Waals surface area contributed by atoms with E-state index < -0.39 is 5.82 Å². The molecular formula is C14H18FN5O. The van der Waals surface area contributed by atoms with E-state index in [2.05, 4.69) is 20.4 Å². The second kappa shape index (κ2) is 5.40. The summed E-state index contributed by atoms with van der Waals surface area (Å²) in [4.78, 5) is 7.89. The van der Waals surface area contributed by atoms with Gasteiger partial charge in [0.1, 0.15) is 6.10 Å². The van der Waals surface area contributed by atoms with Crippen molar-refractivity contribution < 1.29 is 9.13 Å². The number of halogens is 1. The first-order valence-electron chi connectivity index (χ1n) is 6.92. The van der Waals surface area contributed by atoms with E-state index in [9.17, 15) is 4.39 Å². The Kier molecular flexibility index (Phi) is 3.59. The van der Waals surface area contributed by atoms with Crippen molar-refractivity contribution in [1.82, 2.24) is 19.7 Å². The fourth-order valence-corrected chi connectivity index (χ4v) is 2.78. The molecule has 0 saturated carbocycles. The van der Waals surface area contributed by atoms with Crippen molar-refractivity contribution in [2.24, 2.45) is 7.05 Å². The molecular weight excluding hydrogens is 273 g/mol. The predicted molar refractivity (Wildman–Crippen MR) is 75.4 cm³/mol. The van der Waals surface area contributed by atoms with E-state index in [4.69, 9.17) is 4.74 Å². The number of rotatable bonds is 3. The van der Waals surface area contributed by atoms with Crippen molar-refractivity contribution in [3.63, 3.8) is 0 Å². The van der Waals surface area contributed by atoms with Crippen molar-refractivity contribution in [2.75, 3.05) is 11.9 Å². The highest BCUT2D eigenvalue weighted by atomic mass is 19.1. The van der Waals surface area contributed by atoms with Crippen molar-refractivity contribution in [1.29, 1.82) is 0 Å². The molecule has 3 heterocycles. The highest BCUT2D eigenvalue weighted by Crippen LogP contribution is 2.34. The Bertz CT molecular complexity index is 640. The molecule has 0 bridgehead atoms. The maximum absolute atomic E-state index is 12.9. The highest BCUT2D eigenvalue weighted by Gasteiger charge is 2.34. The number of aryl methyl sites for hydroxylation is 2. The molecule has 0 aromatic carbocycles. The number of ether oxygens (including phenoxy) is 1. The summed E-state index contributed by atoms with van der Waals surface area (Å²) in [5, 5.41) is 7.67. The molecule has 2 aromatic rings. The third-order valence-corrected chi connectivity index (χ3v) is 3.88. The Morgan fingerprint density at radius 1 is 1.33 bits per heavy atom. The fraction of sp³-hybridized carbons (Fsp3) is 0.500. The third-order valence-electron chi connectivity index (χ3n) is 3.88. The summed E-state index contributed by atoms with van der Waals surface area (Å²) >= 11 is 0. The van der Waals surface area contributed by atoms with Crippen LogP contribution in [0.3, 0.4) is 0 Å². The van der Waals surface area contributed by atoms with E-state index in [1.54, 1.807) is 0 Å². The van der Waals surface area contributed by atoms with Gasteiger partial charge in [0.25, 0.3) is 0 Å². The molecule has 1 aliphatic rings. The van der Waals surface area contributed by atoms with Gasteiger partial charge in [0.2, 0.25) is 5.95 Å². The monoisotopic (exact) mass is 291 g/mol. The normalized spacial score (nSPS) is 21.7. The van der Waals surface area contributed by atoms with Crippen LogP contribution in [0.5, 0.6) is 0 Å². The minimum absolute atomic E-state index is 0.0528. The zero-order valence-corrected chi connectivity index (χ0v) is 12.3. The smallest absolute Gasteiger partial charge is 0.223 e. The van der Waals surface area contributed by atoms with Crippen LogP contribution in [-0.2, 0) is 11.8 Å². The molecule has 2 aromatic heterocycles. The van der Waals surface area contributed by atoms with Crippen LogP contribution in [0.25, 0.3) is 0 Å². The van der Waals surface area contributed by atoms with Gasteiger partial charge in [-0.1, -0.05) is 0 Å². The van der Waals surface area contributed by atoms with Gasteiger partial charge in [-0.15, -0.1) is 0 Å². The van der Waals surface area contributed by atoms with E-state index in [-0.39, 0.29) is 12.1 Å². The van der Waals surface area contributed by atoms with E-state index in [1.165, 1.54) is 0 Å². The van der Waals surface area contributed by atoms with Crippen molar-refractivity contribution in [3.05, 3.63) is 35.2 Å². The molecule has 0 unspecified atom stereocenters. The maximum Gasteiger partial charge on any atom is 0.223 e. The lowest BCUT2D eigenvalue weighted by Gasteiger charge is -2.20. The fourth-order valence-electron chi connectivity index (χ4n) is 2.78. The first-order valence-corrected chi connectivity index (χ1v) is 6.92. The largest absolute Gasteiger partial charge is 0.371 e. The highest BCUT2D eigenvalue weighted by molar-refractivity contribution is 5.33. The van der Waals surface area contributed by atoms with Gasteiger partial charge in [-0.2, -0.15) is 5.10 Å². The van der Waals surface area contributed by atoms with Gasteiger partial charge in [0.15, 0.2) is 5.82 Å². The second-order valence-electron chi connectivity index (χ2n) is 5.26. The molecule has 0 aliphatic carbocycles. The van der Waals surface area contributed by atoms with Crippen molar-refractivity contribution >= 4 is 5.95 Å². The molecule has 112 valence electrons. The second-order valence-corrected chi connectivity index (χ2v) is 5.26. The minimum Gasteiger partial charge on any atom is -0.371 e. The SMILES string of the molecule is Cc1nn(C)c(C)c1[C@H]1OCC[C@@H]1Nc1ncc(F)cn1. The van der Waals surface area contributed by atoms with Crippen LogP contribution in [0.1, 0.15) is 29.5 Å². The summed E-state index contributed by atoms with van der Waals surface area (Å²) < 4.78 is 20.6. The molecule has 2 atom stereocenters. The van der Waals surface area contributed by atoms with Crippen LogP contribution >= 0.6 is 0 Å². The number of nitrogens with zero attached hydrogens (tertiary/aromatic N) is 4. The molecule has 6 nitrogen and oxygen atoms in total. The van der Waals surface area contributed by atoms with Crippen molar-refractivity contribution in [3.8, 4) is 0 Å². The van der Waals surface area contributed by atoms with Gasteiger partial charge >= 0.3 is 0 Å². The predicted octanol–water partition coefficient (Wildman–Crippen LogP) is 1.91. The van der Waals surface area contributed by atoms with Gasteiger partial charge in [-0.25, -0.2) is 14.4 Å². The zero-order chi connectivity index (χ0) is 15.0. The molecule has 0 radical (unpaired) electrons. The van der Waals surface area contributed by atoms with Crippen molar-refractivity contribution in [2.45, 2.75) is 32.4 Å². The van der Waals surface area contributed by atoms with Gasteiger partial charge in [-0.05, 0) is 20.3 Å². The van der Waals surface area contributed by atoms with E-state index in [0.717, 1.165) is 35.8 Å². The molecule has 21 heavy (non-hydrogen) atoms. The first-order chi connectivity index (χ1) is 10.1. The zero-order valence-electron chi connectivity index (χ0n) is 12.3. The molecule has 1 N–H and O–H groups in total. The minimum atomic E-state index is -0.446. The summed E-state index contributed by atoms with van der Waals surface area (Å²) in [6.07, 6.45) is 3.06. The lowest BCUT2D eigenvalue weighted by molar-refractivity contribution is 0.106. The topological polar surface area (TPSA) is 64.9 Å². The van der Waals surface area contributed by atoms with E-state index in [1.807, 2.05) is 25.6 Å². The molecule has 7 heteroatoms.